The maximum atomic E-state index is 14.2. The van der Waals surface area contributed by atoms with Gasteiger partial charge < -0.3 is 5.73 Å². The number of rotatable bonds is 3. The molecular weight excluding hydrogens is 270 g/mol. The maximum Gasteiger partial charge on any atom is 0.305 e. The first-order valence-corrected chi connectivity index (χ1v) is 5.82. The lowest BCUT2D eigenvalue weighted by Crippen LogP contribution is -1.99. The fourth-order valence-corrected chi connectivity index (χ4v) is 2.03. The number of nitrogen functional groups attached to an aromatic ring is 1. The van der Waals surface area contributed by atoms with Crippen molar-refractivity contribution >= 4 is 11.5 Å². The van der Waals surface area contributed by atoms with E-state index in [1.54, 1.807) is 6.92 Å². The topological polar surface area (TPSA) is 87.0 Å². The monoisotopic (exact) mass is 282 g/mol. The predicted octanol–water partition coefficient (Wildman–Crippen LogP) is 2.42. The number of nitrogens with two attached hydrogens (primary N) is 1. The van der Waals surface area contributed by atoms with E-state index in [-0.39, 0.29) is 11.5 Å². The van der Waals surface area contributed by atoms with E-state index in [2.05, 4.69) is 5.10 Å². The molecule has 6 nitrogen and oxygen atoms in total. The molecule has 0 atom stereocenters. The van der Waals surface area contributed by atoms with Crippen LogP contribution in [0.25, 0.3) is 11.3 Å². The maximum absolute atomic E-state index is 14.2. The normalized spacial score (nSPS) is 10.8. The SMILES string of the molecule is CCc1c(-c2c(F)ccc([N+](=O)[O-])c2F)nn(C)c1N. The van der Waals surface area contributed by atoms with Crippen molar-refractivity contribution < 1.29 is 13.7 Å². The Morgan fingerprint density at radius 2 is 2.10 bits per heavy atom. The standard InChI is InChI=1S/C12H12F2N4O2/c1-3-6-11(16-17(2)12(6)15)9-7(13)4-5-8(10(9)14)18(19)20/h4-5H,3,15H2,1-2H3. The van der Waals surface area contributed by atoms with Gasteiger partial charge in [-0.25, -0.2) is 4.39 Å². The van der Waals surface area contributed by atoms with Crippen molar-refractivity contribution in [2.75, 3.05) is 5.73 Å². The lowest BCUT2D eigenvalue weighted by molar-refractivity contribution is -0.387. The zero-order chi connectivity index (χ0) is 15.0. The largest absolute Gasteiger partial charge is 0.384 e. The van der Waals surface area contributed by atoms with E-state index in [1.807, 2.05) is 0 Å². The quantitative estimate of drug-likeness (QED) is 0.691. The Morgan fingerprint density at radius 1 is 1.45 bits per heavy atom. The molecule has 0 aliphatic rings. The molecule has 8 heteroatoms. The highest BCUT2D eigenvalue weighted by Gasteiger charge is 2.27. The molecule has 2 N–H and O–H groups in total. The summed E-state index contributed by atoms with van der Waals surface area (Å²) in [5.74, 6) is -1.89. The van der Waals surface area contributed by atoms with Crippen molar-refractivity contribution in [2.24, 2.45) is 7.05 Å². The first kappa shape index (κ1) is 13.9. The Labute approximate surface area is 113 Å². The van der Waals surface area contributed by atoms with Crippen molar-refractivity contribution in [1.82, 2.24) is 9.78 Å². The molecule has 106 valence electrons. The fourth-order valence-electron chi connectivity index (χ4n) is 2.03. The summed E-state index contributed by atoms with van der Waals surface area (Å²) in [7, 11) is 1.53. The molecule has 0 spiro atoms. The van der Waals surface area contributed by atoms with Gasteiger partial charge >= 0.3 is 5.69 Å². The highest BCUT2D eigenvalue weighted by Crippen LogP contribution is 2.34. The minimum Gasteiger partial charge on any atom is -0.384 e. The minimum absolute atomic E-state index is 0.00815. The van der Waals surface area contributed by atoms with Crippen molar-refractivity contribution in [3.8, 4) is 11.3 Å². The third-order valence-electron chi connectivity index (χ3n) is 3.05. The lowest BCUT2D eigenvalue weighted by atomic mass is 10.0. The summed E-state index contributed by atoms with van der Waals surface area (Å²) >= 11 is 0. The van der Waals surface area contributed by atoms with E-state index in [0.29, 0.717) is 12.0 Å². The lowest BCUT2D eigenvalue weighted by Gasteiger charge is -2.04. The number of halogens is 2. The Bertz CT molecular complexity index is 697. The van der Waals surface area contributed by atoms with Crippen LogP contribution in [0.5, 0.6) is 0 Å². The molecule has 0 aliphatic carbocycles. The molecule has 2 rings (SSSR count). The van der Waals surface area contributed by atoms with Crippen molar-refractivity contribution in [3.05, 3.63) is 39.4 Å². The number of nitro benzene ring substituents is 1. The zero-order valence-electron chi connectivity index (χ0n) is 10.9. The second kappa shape index (κ2) is 4.87. The predicted molar refractivity (Wildman–Crippen MR) is 69.0 cm³/mol. The van der Waals surface area contributed by atoms with Crippen LogP contribution in [0.4, 0.5) is 20.3 Å². The highest BCUT2D eigenvalue weighted by atomic mass is 19.1. The van der Waals surface area contributed by atoms with Crippen molar-refractivity contribution in [3.63, 3.8) is 0 Å². The van der Waals surface area contributed by atoms with Crippen molar-refractivity contribution in [1.29, 1.82) is 0 Å². The van der Waals surface area contributed by atoms with E-state index in [1.165, 1.54) is 11.7 Å². The number of anilines is 1. The molecule has 0 aliphatic heterocycles. The molecule has 0 saturated carbocycles. The molecule has 1 aromatic carbocycles. The highest BCUT2D eigenvalue weighted by molar-refractivity contribution is 5.71. The summed E-state index contributed by atoms with van der Waals surface area (Å²) in [6.45, 7) is 1.75. The summed E-state index contributed by atoms with van der Waals surface area (Å²) in [6.07, 6.45) is 0.399. The number of hydrogen-bond acceptors (Lipinski definition) is 4. The van der Waals surface area contributed by atoms with Crippen LogP contribution in [0.3, 0.4) is 0 Å². The number of hydrogen-bond donors (Lipinski definition) is 1. The van der Waals surface area contributed by atoms with Gasteiger partial charge in [0.15, 0.2) is 0 Å². The average Bonchev–Trinajstić information content (AvgIpc) is 2.64. The van der Waals surface area contributed by atoms with Crippen LogP contribution in [-0.2, 0) is 13.5 Å². The molecule has 0 bridgehead atoms. The van der Waals surface area contributed by atoms with Crippen LogP contribution < -0.4 is 5.73 Å². The van der Waals surface area contributed by atoms with Gasteiger partial charge in [-0.2, -0.15) is 9.49 Å². The Kier molecular flexibility index (Phi) is 3.39. The molecule has 0 saturated heterocycles. The van der Waals surface area contributed by atoms with Gasteiger partial charge in [0.2, 0.25) is 5.82 Å². The van der Waals surface area contributed by atoms with Crippen LogP contribution in [0, 0.1) is 21.7 Å². The van der Waals surface area contributed by atoms with Crippen LogP contribution in [0.15, 0.2) is 12.1 Å². The van der Waals surface area contributed by atoms with Gasteiger partial charge in [-0.05, 0) is 12.5 Å². The Morgan fingerprint density at radius 3 is 2.65 bits per heavy atom. The second-order valence-corrected chi connectivity index (χ2v) is 4.20. The molecule has 2 aromatic rings. The van der Waals surface area contributed by atoms with Gasteiger partial charge in [0.1, 0.15) is 17.3 Å². The van der Waals surface area contributed by atoms with Gasteiger partial charge in [-0.15, -0.1) is 0 Å². The van der Waals surface area contributed by atoms with Crippen LogP contribution in [0.1, 0.15) is 12.5 Å². The summed E-state index contributed by atoms with van der Waals surface area (Å²) < 4.78 is 29.3. The molecule has 0 amide bonds. The number of benzene rings is 1. The van der Waals surface area contributed by atoms with E-state index in [0.717, 1.165) is 12.1 Å². The molecule has 0 fully saturated rings. The first-order valence-electron chi connectivity index (χ1n) is 5.82. The van der Waals surface area contributed by atoms with E-state index < -0.39 is 27.8 Å². The minimum atomic E-state index is -1.25. The second-order valence-electron chi connectivity index (χ2n) is 4.20. The average molecular weight is 282 g/mol. The summed E-state index contributed by atoms with van der Waals surface area (Å²) in [5, 5.41) is 14.7. The summed E-state index contributed by atoms with van der Waals surface area (Å²) in [6, 6.07) is 1.63. The van der Waals surface area contributed by atoms with Gasteiger partial charge in [0.05, 0.1) is 10.5 Å². The molecule has 1 heterocycles. The third-order valence-corrected chi connectivity index (χ3v) is 3.05. The van der Waals surface area contributed by atoms with Gasteiger partial charge in [-0.3, -0.25) is 14.8 Å². The van der Waals surface area contributed by atoms with E-state index >= 15 is 0 Å². The van der Waals surface area contributed by atoms with E-state index in [4.69, 9.17) is 5.73 Å². The molecule has 1 aromatic heterocycles. The zero-order valence-corrected chi connectivity index (χ0v) is 10.9. The number of aromatic nitrogens is 2. The first-order chi connectivity index (χ1) is 9.38. The summed E-state index contributed by atoms with van der Waals surface area (Å²) in [5.41, 5.74) is 4.89. The fraction of sp³-hybridized carbons (Fsp3) is 0.250. The molecular formula is C12H12F2N4O2. The van der Waals surface area contributed by atoms with E-state index in [9.17, 15) is 18.9 Å². The number of aryl methyl sites for hydroxylation is 1. The van der Waals surface area contributed by atoms with Crippen LogP contribution in [0.2, 0.25) is 0 Å². The smallest absolute Gasteiger partial charge is 0.305 e. The van der Waals surface area contributed by atoms with Crippen molar-refractivity contribution in [2.45, 2.75) is 13.3 Å². The van der Waals surface area contributed by atoms with Gasteiger partial charge in [-0.1, -0.05) is 6.92 Å². The number of nitrogens with zero attached hydrogens (tertiary/aromatic N) is 3. The molecule has 20 heavy (non-hydrogen) atoms. The third kappa shape index (κ3) is 1.98. The van der Waals surface area contributed by atoms with Crippen LogP contribution >= 0.6 is 0 Å². The molecule has 0 radical (unpaired) electrons. The Balaban J connectivity index is 2.79. The van der Waals surface area contributed by atoms with Gasteiger partial charge in [0, 0.05) is 18.7 Å². The Hall–Kier alpha value is -2.51. The summed E-state index contributed by atoms with van der Waals surface area (Å²) in [4.78, 5) is 9.83. The molecule has 0 unspecified atom stereocenters. The van der Waals surface area contributed by atoms with Crippen LogP contribution in [-0.4, -0.2) is 14.7 Å². The van der Waals surface area contributed by atoms with Gasteiger partial charge in [0.25, 0.3) is 0 Å². The number of nitro groups is 1.